The van der Waals surface area contributed by atoms with Crippen LogP contribution in [0.15, 0.2) is 33.8 Å². The number of anilines is 4. The van der Waals surface area contributed by atoms with Gasteiger partial charge < -0.3 is 15.5 Å². The van der Waals surface area contributed by atoms with Crippen LogP contribution in [0.3, 0.4) is 0 Å². The third-order valence-corrected chi connectivity index (χ3v) is 5.74. The summed E-state index contributed by atoms with van der Waals surface area (Å²) in [6, 6.07) is 5.15. The van der Waals surface area contributed by atoms with E-state index in [-0.39, 0.29) is 4.90 Å². The van der Waals surface area contributed by atoms with Gasteiger partial charge in [-0.15, -0.1) is 0 Å². The quantitative estimate of drug-likeness (QED) is 0.642. The van der Waals surface area contributed by atoms with Gasteiger partial charge in [0.25, 0.3) is 0 Å². The summed E-state index contributed by atoms with van der Waals surface area (Å²) in [7, 11) is -0.0103. The normalized spacial score (nSPS) is 16.4. The van der Waals surface area contributed by atoms with Crippen molar-refractivity contribution in [1.29, 1.82) is 0 Å². The highest BCUT2D eigenvalue weighted by Crippen LogP contribution is 2.29. The zero-order valence-electron chi connectivity index (χ0n) is 13.9. The number of fused-ring (bicyclic) bond motifs is 4. The van der Waals surface area contributed by atoms with E-state index in [2.05, 4.69) is 41.3 Å². The lowest BCUT2D eigenvalue weighted by Gasteiger charge is -2.19. The highest BCUT2D eigenvalue weighted by molar-refractivity contribution is 9.10. The van der Waals surface area contributed by atoms with Gasteiger partial charge in [-0.25, -0.2) is 18.1 Å². The van der Waals surface area contributed by atoms with E-state index in [9.17, 15) is 8.42 Å². The first-order valence-corrected chi connectivity index (χ1v) is 9.99. The molecule has 1 aromatic carbocycles. The molecular weight excluding hydrogens is 408 g/mol. The molecule has 0 radical (unpaired) electrons. The number of sulfonamides is 1. The zero-order chi connectivity index (χ0) is 18.0. The molecule has 0 atom stereocenters. The Morgan fingerprint density at radius 3 is 2.80 bits per heavy atom. The molecule has 2 aromatic rings. The van der Waals surface area contributed by atoms with Crippen molar-refractivity contribution in [3.63, 3.8) is 0 Å². The molecule has 0 saturated heterocycles. The lowest BCUT2D eigenvalue weighted by molar-refractivity contribution is 0.580. The van der Waals surface area contributed by atoms with E-state index < -0.39 is 10.0 Å². The van der Waals surface area contributed by atoms with Crippen molar-refractivity contribution in [3.05, 3.63) is 28.9 Å². The molecule has 4 bridgehead atoms. The summed E-state index contributed by atoms with van der Waals surface area (Å²) in [4.78, 5) is 10.6. The van der Waals surface area contributed by atoms with Crippen molar-refractivity contribution in [2.75, 3.05) is 42.7 Å². The summed E-state index contributed by atoms with van der Waals surface area (Å²) in [5, 5.41) is 6.23. The van der Waals surface area contributed by atoms with Crippen LogP contribution in [-0.2, 0) is 10.0 Å². The van der Waals surface area contributed by atoms with Gasteiger partial charge in [0.2, 0.25) is 16.0 Å². The molecule has 25 heavy (non-hydrogen) atoms. The maximum Gasteiger partial charge on any atom is 0.242 e. The Kier molecular flexibility index (Phi) is 5.11. The Labute approximate surface area is 155 Å². The average molecular weight is 427 g/mol. The fourth-order valence-electron chi connectivity index (χ4n) is 2.44. The summed E-state index contributed by atoms with van der Waals surface area (Å²) < 4.78 is 28.8. The fourth-order valence-corrected chi connectivity index (χ4v) is 4.14. The van der Waals surface area contributed by atoms with E-state index in [0.717, 1.165) is 4.47 Å². The largest absolute Gasteiger partial charge is 0.377 e. The average Bonchev–Trinajstić information content (AvgIpc) is 2.56. The van der Waals surface area contributed by atoms with Gasteiger partial charge in [0.05, 0.1) is 10.2 Å². The van der Waals surface area contributed by atoms with E-state index >= 15 is 0 Å². The van der Waals surface area contributed by atoms with Crippen LogP contribution in [0.1, 0.15) is 6.42 Å². The van der Waals surface area contributed by atoms with Crippen LogP contribution >= 0.6 is 15.9 Å². The Hall–Kier alpha value is -1.91. The van der Waals surface area contributed by atoms with Crippen molar-refractivity contribution >= 4 is 49.1 Å². The molecular formula is C15H19BrN6O2S. The second-order valence-corrected chi connectivity index (χ2v) is 8.36. The molecule has 1 aliphatic rings. The molecule has 0 fully saturated rings. The Morgan fingerprint density at radius 2 is 2.04 bits per heavy atom. The smallest absolute Gasteiger partial charge is 0.242 e. The first-order valence-electron chi connectivity index (χ1n) is 7.71. The Bertz CT molecular complexity index is 888. The molecule has 134 valence electrons. The molecule has 2 heterocycles. The predicted octanol–water partition coefficient (Wildman–Crippen LogP) is 2.14. The third kappa shape index (κ3) is 4.02. The number of hydrogen-bond donors (Lipinski definition) is 3. The molecule has 3 N–H and O–H groups in total. The zero-order valence-corrected chi connectivity index (χ0v) is 16.3. The summed E-state index contributed by atoms with van der Waals surface area (Å²) in [6.07, 6.45) is 2.27. The predicted molar refractivity (Wildman–Crippen MR) is 102 cm³/mol. The Balaban J connectivity index is 2.09. The number of nitrogens with zero attached hydrogens (tertiary/aromatic N) is 3. The second-order valence-electron chi connectivity index (χ2n) is 5.77. The number of aromatic nitrogens is 2. The second kappa shape index (κ2) is 7.14. The van der Waals surface area contributed by atoms with Crippen LogP contribution < -0.4 is 20.3 Å². The minimum Gasteiger partial charge on any atom is -0.377 e. The first-order chi connectivity index (χ1) is 11.9. The topological polar surface area (TPSA) is 99.3 Å². The summed E-state index contributed by atoms with van der Waals surface area (Å²) in [5.74, 6) is 1.04. The maximum atomic E-state index is 12.7. The van der Waals surface area contributed by atoms with Gasteiger partial charge in [0, 0.05) is 39.1 Å². The molecule has 0 aliphatic carbocycles. The fraction of sp³-hybridized carbons (Fsp3) is 0.333. The van der Waals surface area contributed by atoms with Gasteiger partial charge >= 0.3 is 0 Å². The van der Waals surface area contributed by atoms with E-state index in [1.807, 2.05) is 14.1 Å². The van der Waals surface area contributed by atoms with Crippen LogP contribution in [0.4, 0.5) is 23.1 Å². The van der Waals surface area contributed by atoms with Crippen molar-refractivity contribution in [2.24, 2.45) is 0 Å². The van der Waals surface area contributed by atoms with Crippen LogP contribution in [0.25, 0.3) is 0 Å². The number of hydrogen-bond acceptors (Lipinski definition) is 7. The van der Waals surface area contributed by atoms with Crippen molar-refractivity contribution in [2.45, 2.75) is 11.3 Å². The first kappa shape index (κ1) is 17.9. The molecule has 0 unspecified atom stereocenters. The van der Waals surface area contributed by atoms with Crippen LogP contribution in [0.2, 0.25) is 0 Å². The van der Waals surface area contributed by atoms with Crippen molar-refractivity contribution < 1.29 is 8.42 Å². The molecule has 1 aromatic heterocycles. The lowest BCUT2D eigenvalue weighted by Crippen LogP contribution is -2.28. The van der Waals surface area contributed by atoms with Crippen molar-refractivity contribution in [1.82, 2.24) is 14.7 Å². The summed E-state index contributed by atoms with van der Waals surface area (Å²) >= 11 is 3.41. The molecule has 10 heteroatoms. The number of benzene rings is 1. The number of rotatable bonds is 1. The number of halogens is 1. The highest BCUT2D eigenvalue weighted by Gasteiger charge is 2.21. The summed E-state index contributed by atoms with van der Waals surface area (Å²) in [6.45, 7) is 0.908. The van der Waals surface area contributed by atoms with Crippen LogP contribution in [0, 0.1) is 0 Å². The van der Waals surface area contributed by atoms with E-state index in [4.69, 9.17) is 0 Å². The monoisotopic (exact) mass is 426 g/mol. The SMILES string of the molecule is CN(C)c1ccc2cc1S(=O)(=O)NCCCNc1nc(ncc1Br)N2. The molecule has 3 rings (SSSR count). The van der Waals surface area contributed by atoms with Gasteiger partial charge in [0.1, 0.15) is 10.7 Å². The van der Waals surface area contributed by atoms with Crippen LogP contribution in [0.5, 0.6) is 0 Å². The van der Waals surface area contributed by atoms with Gasteiger partial charge in [-0.2, -0.15) is 4.98 Å². The minimum absolute atomic E-state index is 0.215. The van der Waals surface area contributed by atoms with Gasteiger partial charge in [0.15, 0.2) is 0 Å². The maximum absolute atomic E-state index is 12.7. The lowest BCUT2D eigenvalue weighted by atomic mass is 10.2. The van der Waals surface area contributed by atoms with Gasteiger partial charge in [-0.05, 0) is 40.5 Å². The van der Waals surface area contributed by atoms with Crippen LogP contribution in [-0.4, -0.2) is 45.6 Å². The molecule has 0 saturated carbocycles. The molecule has 0 amide bonds. The van der Waals surface area contributed by atoms with Gasteiger partial charge in [-0.3, -0.25) is 0 Å². The minimum atomic E-state index is -3.63. The Morgan fingerprint density at radius 1 is 1.24 bits per heavy atom. The van der Waals surface area contributed by atoms with Crippen molar-refractivity contribution in [3.8, 4) is 0 Å². The summed E-state index contributed by atoms with van der Waals surface area (Å²) in [5.41, 5.74) is 1.21. The molecule has 0 spiro atoms. The van der Waals surface area contributed by atoms with E-state index in [0.29, 0.717) is 42.7 Å². The molecule has 1 aliphatic heterocycles. The standard InChI is InChI=1S/C15H19BrN6O2S/c1-22(2)12-5-4-10-8-13(12)25(23,24)19-7-3-6-17-14-11(16)9-18-15(20-10)21-14/h4-5,8-9,19H,3,6-7H2,1-2H3,(H2,17,18,20,21). The molecule has 8 nitrogen and oxygen atoms in total. The van der Waals surface area contributed by atoms with Gasteiger partial charge in [-0.1, -0.05) is 0 Å². The highest BCUT2D eigenvalue weighted by atomic mass is 79.9. The third-order valence-electron chi connectivity index (χ3n) is 3.67. The van der Waals surface area contributed by atoms with E-state index in [1.165, 1.54) is 0 Å². The van der Waals surface area contributed by atoms with E-state index in [1.54, 1.807) is 29.3 Å². The number of nitrogens with one attached hydrogen (secondary N) is 3.